The van der Waals surface area contributed by atoms with Crippen LogP contribution >= 0.6 is 11.6 Å². The molecule has 2 N–H and O–H groups in total. The highest BCUT2D eigenvalue weighted by molar-refractivity contribution is 6.30. The second kappa shape index (κ2) is 4.73. The molecule has 0 aliphatic heterocycles. The Kier molecular flexibility index (Phi) is 3.52. The molecule has 0 aromatic carbocycles. The van der Waals surface area contributed by atoms with Crippen LogP contribution in [0.25, 0.3) is 0 Å². The summed E-state index contributed by atoms with van der Waals surface area (Å²) in [4.78, 5) is 0. The molecule has 90 valence electrons. The molecule has 0 saturated heterocycles. The van der Waals surface area contributed by atoms with Gasteiger partial charge >= 0.3 is 0 Å². The summed E-state index contributed by atoms with van der Waals surface area (Å²) in [5.41, 5.74) is -0.209. The summed E-state index contributed by atoms with van der Waals surface area (Å²) in [5.74, 6) is 0. The van der Waals surface area contributed by atoms with Crippen molar-refractivity contribution in [2.24, 2.45) is 0 Å². The van der Waals surface area contributed by atoms with Crippen molar-refractivity contribution in [1.82, 2.24) is 15.1 Å². The van der Waals surface area contributed by atoms with Gasteiger partial charge in [-0.1, -0.05) is 11.6 Å². The second-order valence-corrected chi connectivity index (χ2v) is 5.25. The van der Waals surface area contributed by atoms with Crippen LogP contribution in [-0.4, -0.2) is 33.1 Å². The van der Waals surface area contributed by atoms with E-state index in [4.69, 9.17) is 11.6 Å². The average molecular weight is 244 g/mol. The number of halogens is 1. The maximum absolute atomic E-state index is 9.43. The number of aryl methyl sites for hydroxylation is 1. The topological polar surface area (TPSA) is 50.1 Å². The largest absolute Gasteiger partial charge is 0.394 e. The van der Waals surface area contributed by atoms with E-state index in [2.05, 4.69) is 17.3 Å². The van der Waals surface area contributed by atoms with Gasteiger partial charge in [-0.05, 0) is 26.2 Å². The van der Waals surface area contributed by atoms with Gasteiger partial charge in [0.25, 0.3) is 0 Å². The first-order chi connectivity index (χ1) is 7.61. The molecular weight excluding hydrogens is 226 g/mol. The maximum atomic E-state index is 9.43. The molecule has 1 aromatic rings. The Bertz CT molecular complexity index is 351. The molecule has 0 bridgehead atoms. The van der Waals surface area contributed by atoms with E-state index in [1.54, 1.807) is 12.4 Å². The minimum Gasteiger partial charge on any atom is -0.394 e. The van der Waals surface area contributed by atoms with E-state index in [0.29, 0.717) is 11.1 Å². The Morgan fingerprint density at radius 1 is 1.69 bits per heavy atom. The van der Waals surface area contributed by atoms with Crippen molar-refractivity contribution in [2.75, 3.05) is 6.61 Å². The quantitative estimate of drug-likeness (QED) is 0.795. The SMILES string of the molecule is CC(CO)(CCn1cc(Cl)cn1)NC1CC1. The monoisotopic (exact) mass is 243 g/mol. The number of aliphatic hydroxyl groups is 1. The molecule has 1 aliphatic rings. The lowest BCUT2D eigenvalue weighted by Crippen LogP contribution is -2.47. The van der Waals surface area contributed by atoms with E-state index < -0.39 is 0 Å². The van der Waals surface area contributed by atoms with Gasteiger partial charge in [0.2, 0.25) is 0 Å². The fourth-order valence-corrected chi connectivity index (χ4v) is 1.90. The molecule has 1 aliphatic carbocycles. The van der Waals surface area contributed by atoms with Gasteiger partial charge in [0.15, 0.2) is 0 Å². The van der Waals surface area contributed by atoms with Crippen LogP contribution in [0.5, 0.6) is 0 Å². The lowest BCUT2D eigenvalue weighted by atomic mass is 9.99. The molecule has 0 radical (unpaired) electrons. The Hall–Kier alpha value is -0.580. The first kappa shape index (κ1) is 11.9. The number of hydrogen-bond acceptors (Lipinski definition) is 3. The van der Waals surface area contributed by atoms with Crippen molar-refractivity contribution in [1.29, 1.82) is 0 Å². The second-order valence-electron chi connectivity index (χ2n) is 4.81. The Labute approximate surface area is 101 Å². The third kappa shape index (κ3) is 3.20. The number of rotatable bonds is 6. The summed E-state index contributed by atoms with van der Waals surface area (Å²) in [7, 11) is 0. The number of hydrogen-bond donors (Lipinski definition) is 2. The van der Waals surface area contributed by atoms with Crippen molar-refractivity contribution in [3.05, 3.63) is 17.4 Å². The summed E-state index contributed by atoms with van der Waals surface area (Å²) in [6.45, 7) is 2.97. The minimum atomic E-state index is -0.209. The van der Waals surface area contributed by atoms with Crippen LogP contribution in [0.4, 0.5) is 0 Å². The summed E-state index contributed by atoms with van der Waals surface area (Å²) >= 11 is 5.79. The lowest BCUT2D eigenvalue weighted by Gasteiger charge is -2.29. The van der Waals surface area contributed by atoms with Gasteiger partial charge in [0.05, 0.1) is 17.8 Å². The Balaban J connectivity index is 1.85. The van der Waals surface area contributed by atoms with E-state index in [-0.39, 0.29) is 12.1 Å². The minimum absolute atomic E-state index is 0.151. The first-order valence-corrected chi connectivity index (χ1v) is 6.06. The normalized spacial score (nSPS) is 19.7. The Morgan fingerprint density at radius 2 is 2.44 bits per heavy atom. The van der Waals surface area contributed by atoms with Gasteiger partial charge in [-0.3, -0.25) is 4.68 Å². The summed E-state index contributed by atoms with van der Waals surface area (Å²) in [6.07, 6.45) is 6.73. The zero-order chi connectivity index (χ0) is 11.6. The third-order valence-electron chi connectivity index (χ3n) is 2.97. The molecule has 4 nitrogen and oxygen atoms in total. The van der Waals surface area contributed by atoms with Crippen molar-refractivity contribution in [3.8, 4) is 0 Å². The molecule has 0 spiro atoms. The van der Waals surface area contributed by atoms with E-state index in [0.717, 1.165) is 13.0 Å². The van der Waals surface area contributed by atoms with Gasteiger partial charge in [0, 0.05) is 24.3 Å². The van der Waals surface area contributed by atoms with Crippen LogP contribution in [0.15, 0.2) is 12.4 Å². The molecule has 1 unspecified atom stereocenters. The molecule has 1 fully saturated rings. The smallest absolute Gasteiger partial charge is 0.0785 e. The molecule has 2 rings (SSSR count). The van der Waals surface area contributed by atoms with Crippen LogP contribution < -0.4 is 5.32 Å². The molecule has 1 heterocycles. The van der Waals surface area contributed by atoms with Crippen LogP contribution in [0.3, 0.4) is 0 Å². The zero-order valence-electron chi connectivity index (χ0n) is 9.49. The summed E-state index contributed by atoms with van der Waals surface area (Å²) in [5, 5.41) is 17.7. The molecule has 5 heteroatoms. The van der Waals surface area contributed by atoms with Crippen LogP contribution in [-0.2, 0) is 6.54 Å². The highest BCUT2D eigenvalue weighted by Gasteiger charge is 2.31. The number of aliphatic hydroxyl groups excluding tert-OH is 1. The van der Waals surface area contributed by atoms with Gasteiger partial charge in [-0.2, -0.15) is 5.10 Å². The molecule has 1 atom stereocenters. The van der Waals surface area contributed by atoms with Gasteiger partial charge in [0.1, 0.15) is 0 Å². The molecule has 1 aromatic heterocycles. The van der Waals surface area contributed by atoms with Crippen molar-refractivity contribution < 1.29 is 5.11 Å². The van der Waals surface area contributed by atoms with E-state index in [1.165, 1.54) is 12.8 Å². The predicted octanol–water partition coefficient (Wildman–Crippen LogP) is 1.43. The number of aromatic nitrogens is 2. The fraction of sp³-hybridized carbons (Fsp3) is 0.727. The first-order valence-electron chi connectivity index (χ1n) is 5.68. The summed E-state index contributed by atoms with van der Waals surface area (Å²) < 4.78 is 1.81. The molecule has 0 amide bonds. The average Bonchev–Trinajstić information content (AvgIpc) is 2.97. The molecular formula is C11H18ClN3O. The maximum Gasteiger partial charge on any atom is 0.0785 e. The van der Waals surface area contributed by atoms with Gasteiger partial charge in [-0.15, -0.1) is 0 Å². The highest BCUT2D eigenvalue weighted by Crippen LogP contribution is 2.24. The fourth-order valence-electron chi connectivity index (χ4n) is 1.74. The van der Waals surface area contributed by atoms with Crippen LogP contribution in [0, 0.1) is 0 Å². The van der Waals surface area contributed by atoms with Crippen molar-refractivity contribution in [3.63, 3.8) is 0 Å². The van der Waals surface area contributed by atoms with Crippen molar-refractivity contribution in [2.45, 2.75) is 44.3 Å². The molecule has 16 heavy (non-hydrogen) atoms. The lowest BCUT2D eigenvalue weighted by molar-refractivity contribution is 0.158. The standard InChI is InChI=1S/C11H18ClN3O/c1-11(8-16,14-10-2-3-10)4-5-15-7-9(12)6-13-15/h6-7,10,14,16H,2-5,8H2,1H3. The van der Waals surface area contributed by atoms with Crippen LogP contribution in [0.1, 0.15) is 26.2 Å². The number of nitrogens with one attached hydrogen (secondary N) is 1. The van der Waals surface area contributed by atoms with Gasteiger partial charge in [-0.25, -0.2) is 0 Å². The Morgan fingerprint density at radius 3 is 2.94 bits per heavy atom. The predicted molar refractivity (Wildman–Crippen MR) is 63.5 cm³/mol. The molecule has 1 saturated carbocycles. The van der Waals surface area contributed by atoms with E-state index in [9.17, 15) is 5.11 Å². The van der Waals surface area contributed by atoms with Crippen LogP contribution in [0.2, 0.25) is 5.02 Å². The number of nitrogens with zero attached hydrogens (tertiary/aromatic N) is 2. The third-order valence-corrected chi connectivity index (χ3v) is 3.17. The van der Waals surface area contributed by atoms with Gasteiger partial charge < -0.3 is 10.4 Å². The van der Waals surface area contributed by atoms with E-state index >= 15 is 0 Å². The summed E-state index contributed by atoms with van der Waals surface area (Å²) in [6, 6.07) is 0.596. The van der Waals surface area contributed by atoms with Crippen molar-refractivity contribution >= 4 is 11.6 Å². The highest BCUT2D eigenvalue weighted by atomic mass is 35.5. The zero-order valence-corrected chi connectivity index (χ0v) is 10.2. The van der Waals surface area contributed by atoms with E-state index in [1.807, 2.05) is 4.68 Å².